The lowest BCUT2D eigenvalue weighted by Gasteiger charge is -2.31. The van der Waals surface area contributed by atoms with Crippen LogP contribution in [0.15, 0.2) is 0 Å². The molecule has 0 bridgehead atoms. The summed E-state index contributed by atoms with van der Waals surface area (Å²) < 4.78 is 5.42. The second kappa shape index (κ2) is 4.24. The van der Waals surface area contributed by atoms with E-state index in [1.807, 2.05) is 0 Å². The van der Waals surface area contributed by atoms with Gasteiger partial charge < -0.3 is 10.1 Å². The van der Waals surface area contributed by atoms with Gasteiger partial charge in [0, 0.05) is 7.11 Å². The Hall–Kier alpha value is -0.0800. The largest absolute Gasteiger partial charge is 0.379 e. The van der Waals surface area contributed by atoms with Gasteiger partial charge in [-0.05, 0) is 52.1 Å². The molecule has 1 N–H and O–H groups in total. The summed E-state index contributed by atoms with van der Waals surface area (Å²) in [5, 5.41) is 3.38. The van der Waals surface area contributed by atoms with E-state index in [9.17, 15) is 0 Å². The van der Waals surface area contributed by atoms with Crippen molar-refractivity contribution in [2.75, 3.05) is 20.2 Å². The summed E-state index contributed by atoms with van der Waals surface area (Å²) in [6, 6.07) is 0. The Morgan fingerprint density at radius 3 is 2.42 bits per heavy atom. The zero-order valence-corrected chi connectivity index (χ0v) is 8.52. The van der Waals surface area contributed by atoms with Crippen molar-refractivity contribution in [3.8, 4) is 0 Å². The maximum atomic E-state index is 5.42. The molecule has 0 aromatic rings. The summed E-state index contributed by atoms with van der Waals surface area (Å²) in [6.07, 6.45) is 3.82. The molecule has 12 heavy (non-hydrogen) atoms. The lowest BCUT2D eigenvalue weighted by Crippen LogP contribution is -2.33. The highest BCUT2D eigenvalue weighted by atomic mass is 16.5. The SMILES string of the molecule is COC(C)(C)CC1CCNCC1. The Labute approximate surface area is 75.7 Å². The predicted octanol–water partition coefficient (Wildman–Crippen LogP) is 1.80. The van der Waals surface area contributed by atoms with E-state index in [1.54, 1.807) is 7.11 Å². The van der Waals surface area contributed by atoms with E-state index in [4.69, 9.17) is 4.74 Å². The van der Waals surface area contributed by atoms with Crippen molar-refractivity contribution in [3.63, 3.8) is 0 Å². The van der Waals surface area contributed by atoms with Crippen LogP contribution in [-0.4, -0.2) is 25.8 Å². The van der Waals surface area contributed by atoms with Gasteiger partial charge in [0.05, 0.1) is 5.60 Å². The van der Waals surface area contributed by atoms with Crippen molar-refractivity contribution >= 4 is 0 Å². The minimum absolute atomic E-state index is 0.0714. The van der Waals surface area contributed by atoms with Gasteiger partial charge in [-0.1, -0.05) is 0 Å². The molecule has 0 aliphatic carbocycles. The average Bonchev–Trinajstić information content (AvgIpc) is 2.06. The molecule has 0 saturated carbocycles. The third-order valence-electron chi connectivity index (χ3n) is 2.79. The molecule has 1 rings (SSSR count). The smallest absolute Gasteiger partial charge is 0.0625 e. The Balaban J connectivity index is 2.28. The van der Waals surface area contributed by atoms with Crippen LogP contribution in [0.5, 0.6) is 0 Å². The first-order chi connectivity index (χ1) is 5.64. The van der Waals surface area contributed by atoms with Crippen LogP contribution in [0.4, 0.5) is 0 Å². The fourth-order valence-corrected chi connectivity index (χ4v) is 1.86. The van der Waals surface area contributed by atoms with Gasteiger partial charge in [-0.2, -0.15) is 0 Å². The van der Waals surface area contributed by atoms with Crippen molar-refractivity contribution < 1.29 is 4.74 Å². The van der Waals surface area contributed by atoms with Gasteiger partial charge in [-0.15, -0.1) is 0 Å². The number of hydrogen-bond donors (Lipinski definition) is 1. The zero-order valence-electron chi connectivity index (χ0n) is 8.52. The van der Waals surface area contributed by atoms with Crippen LogP contribution in [0, 0.1) is 5.92 Å². The van der Waals surface area contributed by atoms with Gasteiger partial charge in [0.25, 0.3) is 0 Å². The molecule has 1 aliphatic heterocycles. The summed E-state index contributed by atoms with van der Waals surface area (Å²) >= 11 is 0. The molecular weight excluding hydrogens is 150 g/mol. The second-order valence-electron chi connectivity index (χ2n) is 4.36. The van der Waals surface area contributed by atoms with Gasteiger partial charge in [-0.25, -0.2) is 0 Å². The van der Waals surface area contributed by atoms with Gasteiger partial charge in [0.15, 0.2) is 0 Å². The lowest BCUT2D eigenvalue weighted by molar-refractivity contribution is -0.00145. The van der Waals surface area contributed by atoms with E-state index >= 15 is 0 Å². The van der Waals surface area contributed by atoms with Crippen LogP contribution < -0.4 is 5.32 Å². The van der Waals surface area contributed by atoms with Gasteiger partial charge in [-0.3, -0.25) is 0 Å². The van der Waals surface area contributed by atoms with Crippen LogP contribution in [0.2, 0.25) is 0 Å². The topological polar surface area (TPSA) is 21.3 Å². The van der Waals surface area contributed by atoms with Crippen molar-refractivity contribution in [1.82, 2.24) is 5.32 Å². The fourth-order valence-electron chi connectivity index (χ4n) is 1.86. The molecule has 0 amide bonds. The first kappa shape index (κ1) is 10.0. The standard InChI is InChI=1S/C10H21NO/c1-10(2,12-3)8-9-4-6-11-7-5-9/h9,11H,4-8H2,1-3H3. The quantitative estimate of drug-likeness (QED) is 0.699. The molecule has 2 heteroatoms. The molecule has 72 valence electrons. The molecule has 0 radical (unpaired) electrons. The average molecular weight is 171 g/mol. The minimum atomic E-state index is 0.0714. The molecule has 1 fully saturated rings. The van der Waals surface area contributed by atoms with Gasteiger partial charge in [0.2, 0.25) is 0 Å². The highest BCUT2D eigenvalue weighted by Crippen LogP contribution is 2.25. The molecule has 0 atom stereocenters. The molecule has 0 aromatic heterocycles. The van der Waals surface area contributed by atoms with Crippen LogP contribution in [-0.2, 0) is 4.74 Å². The van der Waals surface area contributed by atoms with Crippen LogP contribution >= 0.6 is 0 Å². The molecule has 2 nitrogen and oxygen atoms in total. The second-order valence-corrected chi connectivity index (χ2v) is 4.36. The number of rotatable bonds is 3. The monoisotopic (exact) mass is 171 g/mol. The number of piperidine rings is 1. The molecule has 0 aromatic carbocycles. The molecule has 1 aliphatic rings. The van der Waals surface area contributed by atoms with E-state index < -0.39 is 0 Å². The third kappa shape index (κ3) is 3.11. The number of methoxy groups -OCH3 is 1. The Morgan fingerprint density at radius 1 is 1.33 bits per heavy atom. The fraction of sp³-hybridized carbons (Fsp3) is 1.00. The molecular formula is C10H21NO. The summed E-state index contributed by atoms with van der Waals surface area (Å²) in [6.45, 7) is 6.72. The molecule has 1 heterocycles. The van der Waals surface area contributed by atoms with Crippen molar-refractivity contribution in [1.29, 1.82) is 0 Å². The van der Waals surface area contributed by atoms with Crippen LogP contribution in [0.3, 0.4) is 0 Å². The zero-order chi connectivity index (χ0) is 9.03. The van der Waals surface area contributed by atoms with Gasteiger partial charge >= 0.3 is 0 Å². The summed E-state index contributed by atoms with van der Waals surface area (Å²) in [4.78, 5) is 0. The third-order valence-corrected chi connectivity index (χ3v) is 2.79. The molecule has 1 saturated heterocycles. The number of hydrogen-bond acceptors (Lipinski definition) is 2. The van der Waals surface area contributed by atoms with E-state index in [1.165, 1.54) is 32.4 Å². The lowest BCUT2D eigenvalue weighted by atomic mass is 9.87. The van der Waals surface area contributed by atoms with E-state index in [0.29, 0.717) is 0 Å². The Kier molecular flexibility index (Phi) is 3.53. The molecule has 0 unspecified atom stereocenters. The first-order valence-electron chi connectivity index (χ1n) is 4.90. The van der Waals surface area contributed by atoms with Crippen molar-refractivity contribution in [2.24, 2.45) is 5.92 Å². The molecule has 0 spiro atoms. The van der Waals surface area contributed by atoms with Crippen LogP contribution in [0.25, 0.3) is 0 Å². The van der Waals surface area contributed by atoms with Crippen LogP contribution in [0.1, 0.15) is 33.1 Å². The number of nitrogens with one attached hydrogen (secondary N) is 1. The van der Waals surface area contributed by atoms with Gasteiger partial charge in [0.1, 0.15) is 0 Å². The minimum Gasteiger partial charge on any atom is -0.379 e. The van der Waals surface area contributed by atoms with Crippen molar-refractivity contribution in [3.05, 3.63) is 0 Å². The first-order valence-corrected chi connectivity index (χ1v) is 4.90. The predicted molar refractivity (Wildman–Crippen MR) is 51.3 cm³/mol. The summed E-state index contributed by atoms with van der Waals surface area (Å²) in [5.74, 6) is 0.862. The maximum absolute atomic E-state index is 5.42. The Morgan fingerprint density at radius 2 is 1.92 bits per heavy atom. The highest BCUT2D eigenvalue weighted by molar-refractivity contribution is 4.77. The van der Waals surface area contributed by atoms with E-state index in [2.05, 4.69) is 19.2 Å². The number of ether oxygens (including phenoxy) is 1. The maximum Gasteiger partial charge on any atom is 0.0625 e. The summed E-state index contributed by atoms with van der Waals surface area (Å²) in [7, 11) is 1.81. The van der Waals surface area contributed by atoms with Crippen molar-refractivity contribution in [2.45, 2.75) is 38.7 Å². The normalized spacial score (nSPS) is 21.2. The van der Waals surface area contributed by atoms with E-state index in [0.717, 1.165) is 5.92 Å². The highest BCUT2D eigenvalue weighted by Gasteiger charge is 2.23. The summed E-state index contributed by atoms with van der Waals surface area (Å²) in [5.41, 5.74) is 0.0714. The van der Waals surface area contributed by atoms with E-state index in [-0.39, 0.29) is 5.60 Å². The Bertz CT molecular complexity index is 128.